The molecule has 0 bridgehead atoms. The fourth-order valence-corrected chi connectivity index (χ4v) is 3.52. The lowest BCUT2D eigenvalue weighted by atomic mass is 10.1. The highest BCUT2D eigenvalue weighted by molar-refractivity contribution is 5.12. The second kappa shape index (κ2) is 7.44. The molecule has 118 valence electrons. The van der Waals surface area contributed by atoms with Gasteiger partial charge in [0.25, 0.3) is 0 Å². The maximum atomic E-state index is 4.77. The monoisotopic (exact) mass is 289 g/mol. The summed E-state index contributed by atoms with van der Waals surface area (Å²) in [7, 11) is 0. The van der Waals surface area contributed by atoms with Gasteiger partial charge in [-0.15, -0.1) is 0 Å². The van der Waals surface area contributed by atoms with E-state index in [9.17, 15) is 0 Å². The van der Waals surface area contributed by atoms with Gasteiger partial charge in [-0.1, -0.05) is 6.92 Å². The van der Waals surface area contributed by atoms with E-state index in [2.05, 4.69) is 22.6 Å². The van der Waals surface area contributed by atoms with Crippen LogP contribution in [-0.4, -0.2) is 34.3 Å². The molecule has 1 aromatic rings. The Bertz CT molecular complexity index is 410. The predicted octanol–water partition coefficient (Wildman–Crippen LogP) is 3.66. The first-order valence-corrected chi connectivity index (χ1v) is 9.13. The van der Waals surface area contributed by atoms with Gasteiger partial charge in [0.2, 0.25) is 0 Å². The number of unbranched alkanes of at least 4 members (excludes halogenated alkanes) is 1. The van der Waals surface area contributed by atoms with Gasteiger partial charge in [0.05, 0.1) is 5.69 Å². The van der Waals surface area contributed by atoms with E-state index < -0.39 is 0 Å². The van der Waals surface area contributed by atoms with Gasteiger partial charge in [-0.25, -0.2) is 0 Å². The van der Waals surface area contributed by atoms with E-state index in [0.29, 0.717) is 0 Å². The zero-order valence-corrected chi connectivity index (χ0v) is 13.7. The molecule has 2 aliphatic rings. The van der Waals surface area contributed by atoms with Gasteiger partial charge in [0.1, 0.15) is 0 Å². The molecule has 3 nitrogen and oxygen atoms in total. The molecule has 0 spiro atoms. The molecular weight excluding hydrogens is 258 g/mol. The van der Waals surface area contributed by atoms with Gasteiger partial charge >= 0.3 is 0 Å². The van der Waals surface area contributed by atoms with E-state index in [4.69, 9.17) is 5.10 Å². The predicted molar refractivity (Wildman–Crippen MR) is 87.6 cm³/mol. The van der Waals surface area contributed by atoms with Crippen LogP contribution in [0.2, 0.25) is 0 Å². The number of nitrogens with zero attached hydrogens (tertiary/aromatic N) is 3. The van der Waals surface area contributed by atoms with Crippen molar-refractivity contribution in [1.29, 1.82) is 0 Å². The normalized spacial score (nSPS) is 18.2. The summed E-state index contributed by atoms with van der Waals surface area (Å²) in [6.45, 7) is 7.37. The first-order chi connectivity index (χ1) is 10.3. The summed E-state index contributed by atoms with van der Waals surface area (Å²) in [5.74, 6) is 1.02. The fourth-order valence-electron chi connectivity index (χ4n) is 3.52. The van der Waals surface area contributed by atoms with Crippen LogP contribution < -0.4 is 0 Å². The van der Waals surface area contributed by atoms with E-state index in [0.717, 1.165) is 12.5 Å². The molecule has 1 saturated carbocycles. The lowest BCUT2D eigenvalue weighted by molar-refractivity contribution is 0.258. The minimum Gasteiger partial charge on any atom is -0.303 e. The third kappa shape index (κ3) is 4.57. The molecule has 0 N–H and O–H groups in total. The summed E-state index contributed by atoms with van der Waals surface area (Å²) in [6.07, 6.45) is 11.9. The summed E-state index contributed by atoms with van der Waals surface area (Å²) in [5.41, 5.74) is 2.80. The van der Waals surface area contributed by atoms with Gasteiger partial charge < -0.3 is 4.90 Å². The average Bonchev–Trinajstić information content (AvgIpc) is 3.20. The molecule has 0 unspecified atom stereocenters. The molecule has 2 heterocycles. The molecule has 0 radical (unpaired) electrons. The highest BCUT2D eigenvalue weighted by Gasteiger charge is 2.23. The number of hydrogen-bond donors (Lipinski definition) is 0. The third-order valence-electron chi connectivity index (χ3n) is 4.88. The molecule has 3 heteroatoms. The molecular formula is C18H31N3. The molecule has 3 rings (SSSR count). The van der Waals surface area contributed by atoms with E-state index in [1.807, 2.05) is 0 Å². The Balaban J connectivity index is 1.37. The van der Waals surface area contributed by atoms with E-state index in [-0.39, 0.29) is 0 Å². The highest BCUT2D eigenvalue weighted by Crippen LogP contribution is 2.29. The molecule has 0 aromatic carbocycles. The highest BCUT2D eigenvalue weighted by atomic mass is 15.3. The van der Waals surface area contributed by atoms with Crippen molar-refractivity contribution in [2.75, 3.05) is 19.6 Å². The van der Waals surface area contributed by atoms with Crippen LogP contribution in [0.4, 0.5) is 0 Å². The van der Waals surface area contributed by atoms with Crippen LogP contribution in [0.1, 0.15) is 63.3 Å². The Labute approximate surface area is 129 Å². The Morgan fingerprint density at radius 1 is 1.24 bits per heavy atom. The van der Waals surface area contributed by atoms with Gasteiger partial charge in [-0.05, 0) is 82.9 Å². The van der Waals surface area contributed by atoms with Gasteiger partial charge in [0.15, 0.2) is 0 Å². The maximum absolute atomic E-state index is 4.77. The van der Waals surface area contributed by atoms with Crippen LogP contribution >= 0.6 is 0 Å². The molecule has 1 aliphatic carbocycles. The molecule has 0 atom stereocenters. The van der Waals surface area contributed by atoms with Crippen LogP contribution in [0, 0.1) is 5.92 Å². The van der Waals surface area contributed by atoms with Gasteiger partial charge in [-0.3, -0.25) is 4.68 Å². The fraction of sp³-hybridized carbons (Fsp3) is 0.833. The number of fused-ring (bicyclic) bond motifs is 1. The second-order valence-corrected chi connectivity index (χ2v) is 7.01. The summed E-state index contributed by atoms with van der Waals surface area (Å²) >= 11 is 0. The standard InChI is InChI=1S/C18H31N3/c1-2-11-20(15-16-9-10-16)12-5-3-7-17-14-18-8-4-6-13-21(18)19-17/h14,16H,2-13,15H2,1H3. The van der Waals surface area contributed by atoms with Crippen molar-refractivity contribution in [3.63, 3.8) is 0 Å². The zero-order valence-electron chi connectivity index (χ0n) is 13.7. The van der Waals surface area contributed by atoms with E-state index in [1.54, 1.807) is 0 Å². The zero-order chi connectivity index (χ0) is 14.5. The molecule has 0 amide bonds. The smallest absolute Gasteiger partial charge is 0.0627 e. The lowest BCUT2D eigenvalue weighted by Crippen LogP contribution is -2.28. The van der Waals surface area contributed by atoms with Crippen molar-refractivity contribution >= 4 is 0 Å². The van der Waals surface area contributed by atoms with Crippen LogP contribution in [-0.2, 0) is 19.4 Å². The Kier molecular flexibility index (Phi) is 5.34. The topological polar surface area (TPSA) is 21.1 Å². The summed E-state index contributed by atoms with van der Waals surface area (Å²) in [4.78, 5) is 2.69. The second-order valence-electron chi connectivity index (χ2n) is 7.01. The van der Waals surface area contributed by atoms with Crippen LogP contribution in [0.25, 0.3) is 0 Å². The number of rotatable bonds is 9. The van der Waals surface area contributed by atoms with E-state index >= 15 is 0 Å². The first kappa shape index (κ1) is 15.1. The summed E-state index contributed by atoms with van der Waals surface area (Å²) in [5, 5.41) is 4.77. The molecule has 1 fully saturated rings. The van der Waals surface area contributed by atoms with Crippen LogP contribution in [0.5, 0.6) is 0 Å². The van der Waals surface area contributed by atoms with Crippen molar-refractivity contribution in [2.45, 2.75) is 71.3 Å². The molecule has 1 aliphatic heterocycles. The minimum atomic E-state index is 1.02. The molecule has 1 aromatic heterocycles. The van der Waals surface area contributed by atoms with Crippen molar-refractivity contribution in [1.82, 2.24) is 14.7 Å². The maximum Gasteiger partial charge on any atom is 0.0627 e. The minimum absolute atomic E-state index is 1.02. The molecule has 0 saturated heterocycles. The summed E-state index contributed by atoms with van der Waals surface area (Å²) in [6, 6.07) is 2.35. The third-order valence-corrected chi connectivity index (χ3v) is 4.88. The number of aryl methyl sites for hydroxylation is 3. The number of hydrogen-bond acceptors (Lipinski definition) is 2. The molecule has 21 heavy (non-hydrogen) atoms. The SMILES string of the molecule is CCCN(CCCCc1cc2n(n1)CCCC2)CC1CC1. The first-order valence-electron chi connectivity index (χ1n) is 9.13. The van der Waals surface area contributed by atoms with Crippen molar-refractivity contribution in [3.8, 4) is 0 Å². The quantitative estimate of drug-likeness (QED) is 0.647. The Morgan fingerprint density at radius 2 is 2.14 bits per heavy atom. The van der Waals surface area contributed by atoms with Crippen LogP contribution in [0.15, 0.2) is 6.07 Å². The number of aromatic nitrogens is 2. The summed E-state index contributed by atoms with van der Waals surface area (Å²) < 4.78 is 2.25. The van der Waals surface area contributed by atoms with Gasteiger partial charge in [0, 0.05) is 18.8 Å². The van der Waals surface area contributed by atoms with Crippen molar-refractivity contribution in [3.05, 3.63) is 17.5 Å². The van der Waals surface area contributed by atoms with Crippen molar-refractivity contribution < 1.29 is 0 Å². The van der Waals surface area contributed by atoms with Gasteiger partial charge in [-0.2, -0.15) is 5.10 Å². The Morgan fingerprint density at radius 3 is 2.90 bits per heavy atom. The average molecular weight is 289 g/mol. The Hall–Kier alpha value is -0.830. The van der Waals surface area contributed by atoms with Crippen LogP contribution in [0.3, 0.4) is 0 Å². The van der Waals surface area contributed by atoms with Crippen molar-refractivity contribution in [2.24, 2.45) is 5.92 Å². The lowest BCUT2D eigenvalue weighted by Gasteiger charge is -2.21. The largest absolute Gasteiger partial charge is 0.303 e. The van der Waals surface area contributed by atoms with E-state index in [1.165, 1.54) is 88.8 Å².